The largest absolute Gasteiger partial charge is 0.339 e. The van der Waals surface area contributed by atoms with Gasteiger partial charge in [-0.2, -0.15) is 4.98 Å². The zero-order valence-corrected chi connectivity index (χ0v) is 18.9. The Balaban J connectivity index is 1.50. The summed E-state index contributed by atoms with van der Waals surface area (Å²) in [6.45, 7) is 4.29. The number of aryl methyl sites for hydroxylation is 1. The van der Waals surface area contributed by atoms with Gasteiger partial charge in [0.1, 0.15) is 0 Å². The fourth-order valence-corrected chi connectivity index (χ4v) is 3.39. The lowest BCUT2D eigenvalue weighted by Gasteiger charge is -2.09. The van der Waals surface area contributed by atoms with Crippen molar-refractivity contribution in [3.63, 3.8) is 0 Å². The van der Waals surface area contributed by atoms with Gasteiger partial charge in [0.25, 0.3) is 5.24 Å². The maximum atomic E-state index is 12.2. The number of rotatable bonds is 7. The summed E-state index contributed by atoms with van der Waals surface area (Å²) in [7, 11) is 3.41. The molecule has 7 nitrogen and oxygen atoms in total. The molecule has 0 radical (unpaired) electrons. The predicted octanol–water partition coefficient (Wildman–Crippen LogP) is 5.21. The Kier molecular flexibility index (Phi) is 7.46. The zero-order valence-electron chi connectivity index (χ0n) is 18.1. The molecule has 8 heteroatoms. The van der Waals surface area contributed by atoms with Crippen molar-refractivity contribution in [2.75, 3.05) is 19.4 Å². The molecule has 31 heavy (non-hydrogen) atoms. The molecule has 1 aromatic heterocycles. The molecule has 1 N–H and O–H groups in total. The van der Waals surface area contributed by atoms with E-state index >= 15 is 0 Å². The van der Waals surface area contributed by atoms with Gasteiger partial charge in [-0.25, -0.2) is 0 Å². The lowest BCUT2D eigenvalue weighted by atomic mass is 10.0. The quantitative estimate of drug-likeness (QED) is 0.510. The molecule has 0 aliphatic carbocycles. The molecule has 0 spiro atoms. The molecule has 1 heterocycles. The highest BCUT2D eigenvalue weighted by atomic mass is 32.2. The highest BCUT2D eigenvalue weighted by Crippen LogP contribution is 2.23. The van der Waals surface area contributed by atoms with Crippen LogP contribution in [-0.4, -0.2) is 40.3 Å². The van der Waals surface area contributed by atoms with Crippen molar-refractivity contribution in [1.29, 1.82) is 0 Å². The van der Waals surface area contributed by atoms with Crippen LogP contribution in [0.2, 0.25) is 0 Å². The van der Waals surface area contributed by atoms with E-state index in [1.54, 1.807) is 38.4 Å². The Labute approximate surface area is 186 Å². The van der Waals surface area contributed by atoms with Crippen LogP contribution >= 0.6 is 11.8 Å². The standard InChI is InChI=1S/C23H26N4O3S/c1-15(2)16-5-7-17(8-6-16)22-25-21(30-26-22)14-13-20(28)24-18-9-11-19(12-10-18)31-23(29)27(3)4/h5-12,15H,13-14H2,1-4H3,(H,24,28). The molecule has 0 aliphatic heterocycles. The van der Waals surface area contributed by atoms with E-state index in [0.29, 0.717) is 29.7 Å². The van der Waals surface area contributed by atoms with Crippen molar-refractivity contribution < 1.29 is 14.1 Å². The van der Waals surface area contributed by atoms with Crippen LogP contribution in [0.3, 0.4) is 0 Å². The molecule has 0 saturated carbocycles. The zero-order chi connectivity index (χ0) is 22.4. The number of amides is 2. The Morgan fingerprint density at radius 1 is 1.06 bits per heavy atom. The van der Waals surface area contributed by atoms with E-state index in [2.05, 4.69) is 41.4 Å². The second kappa shape index (κ2) is 10.3. The molecular formula is C23H26N4O3S. The van der Waals surface area contributed by atoms with Gasteiger partial charge in [0.05, 0.1) is 0 Å². The summed E-state index contributed by atoms with van der Waals surface area (Å²) < 4.78 is 5.29. The number of aromatic nitrogens is 2. The molecule has 0 aliphatic rings. The summed E-state index contributed by atoms with van der Waals surface area (Å²) in [6.07, 6.45) is 0.581. The van der Waals surface area contributed by atoms with Crippen LogP contribution in [0.25, 0.3) is 11.4 Å². The van der Waals surface area contributed by atoms with Crippen LogP contribution in [0.15, 0.2) is 57.9 Å². The van der Waals surface area contributed by atoms with E-state index in [0.717, 1.165) is 22.2 Å². The first-order valence-electron chi connectivity index (χ1n) is 10.0. The number of carbonyl (C=O) groups is 2. The van der Waals surface area contributed by atoms with Gasteiger partial charge in [-0.15, -0.1) is 0 Å². The molecule has 0 saturated heterocycles. The van der Waals surface area contributed by atoms with Crippen LogP contribution in [0.5, 0.6) is 0 Å². The fraction of sp³-hybridized carbons (Fsp3) is 0.304. The lowest BCUT2D eigenvalue weighted by Crippen LogP contribution is -2.16. The Bertz CT molecular complexity index is 1030. The SMILES string of the molecule is CC(C)c1ccc(-c2noc(CCC(=O)Nc3ccc(SC(=O)N(C)C)cc3)n2)cc1. The fourth-order valence-electron chi connectivity index (χ4n) is 2.73. The van der Waals surface area contributed by atoms with Crippen molar-refractivity contribution in [2.24, 2.45) is 0 Å². The van der Waals surface area contributed by atoms with E-state index in [4.69, 9.17) is 4.52 Å². The van der Waals surface area contributed by atoms with Crippen LogP contribution in [0.1, 0.15) is 37.6 Å². The van der Waals surface area contributed by atoms with E-state index in [1.807, 2.05) is 12.1 Å². The molecule has 0 atom stereocenters. The predicted molar refractivity (Wildman–Crippen MR) is 122 cm³/mol. The highest BCUT2D eigenvalue weighted by molar-refractivity contribution is 8.13. The van der Waals surface area contributed by atoms with Crippen molar-refractivity contribution >= 4 is 28.6 Å². The minimum Gasteiger partial charge on any atom is -0.339 e. The van der Waals surface area contributed by atoms with Gasteiger partial charge < -0.3 is 14.7 Å². The molecule has 3 aromatic rings. The third-order valence-electron chi connectivity index (χ3n) is 4.58. The van der Waals surface area contributed by atoms with Crippen molar-refractivity contribution in [3.05, 3.63) is 60.0 Å². The summed E-state index contributed by atoms with van der Waals surface area (Å²) >= 11 is 1.14. The van der Waals surface area contributed by atoms with Crippen molar-refractivity contribution in [1.82, 2.24) is 15.0 Å². The number of thioether (sulfide) groups is 1. The molecule has 2 aromatic carbocycles. The van der Waals surface area contributed by atoms with E-state index < -0.39 is 0 Å². The molecule has 3 rings (SSSR count). The molecule has 162 valence electrons. The van der Waals surface area contributed by atoms with Gasteiger partial charge in [0.2, 0.25) is 17.6 Å². The van der Waals surface area contributed by atoms with E-state index in [9.17, 15) is 9.59 Å². The van der Waals surface area contributed by atoms with Crippen LogP contribution < -0.4 is 5.32 Å². The van der Waals surface area contributed by atoms with Gasteiger partial charge in [-0.3, -0.25) is 9.59 Å². The number of hydrogen-bond acceptors (Lipinski definition) is 6. The molecular weight excluding hydrogens is 412 g/mol. The number of anilines is 1. The first kappa shape index (κ1) is 22.6. The summed E-state index contributed by atoms with van der Waals surface area (Å²) in [5.41, 5.74) is 2.80. The maximum absolute atomic E-state index is 12.2. The van der Waals surface area contributed by atoms with Crippen LogP contribution in [0.4, 0.5) is 10.5 Å². The molecule has 0 bridgehead atoms. The second-order valence-electron chi connectivity index (χ2n) is 7.62. The summed E-state index contributed by atoms with van der Waals surface area (Å²) in [5, 5.41) is 6.81. The van der Waals surface area contributed by atoms with E-state index in [1.165, 1.54) is 10.5 Å². The Morgan fingerprint density at radius 3 is 2.35 bits per heavy atom. The first-order chi connectivity index (χ1) is 14.8. The summed E-state index contributed by atoms with van der Waals surface area (Å²) in [6, 6.07) is 15.2. The van der Waals surface area contributed by atoms with Gasteiger partial charge in [-0.1, -0.05) is 43.3 Å². The number of benzene rings is 2. The van der Waals surface area contributed by atoms with Crippen LogP contribution in [-0.2, 0) is 11.2 Å². The smallest absolute Gasteiger partial charge is 0.285 e. The van der Waals surface area contributed by atoms with Gasteiger partial charge in [-0.05, 0) is 47.5 Å². The number of nitrogens with one attached hydrogen (secondary N) is 1. The topological polar surface area (TPSA) is 88.3 Å². The maximum Gasteiger partial charge on any atom is 0.285 e. The summed E-state index contributed by atoms with van der Waals surface area (Å²) in [4.78, 5) is 30.7. The number of hydrogen-bond donors (Lipinski definition) is 1. The first-order valence-corrected chi connectivity index (χ1v) is 10.9. The van der Waals surface area contributed by atoms with Crippen LogP contribution in [0, 0.1) is 0 Å². The highest BCUT2D eigenvalue weighted by Gasteiger charge is 2.12. The van der Waals surface area contributed by atoms with Gasteiger partial charge in [0, 0.05) is 43.1 Å². The Hall–Kier alpha value is -3.13. The lowest BCUT2D eigenvalue weighted by molar-refractivity contribution is -0.116. The second-order valence-corrected chi connectivity index (χ2v) is 8.65. The normalized spacial score (nSPS) is 10.9. The summed E-state index contributed by atoms with van der Waals surface area (Å²) in [5.74, 6) is 1.26. The van der Waals surface area contributed by atoms with Gasteiger partial charge >= 0.3 is 0 Å². The van der Waals surface area contributed by atoms with Gasteiger partial charge in [0.15, 0.2) is 0 Å². The van der Waals surface area contributed by atoms with E-state index in [-0.39, 0.29) is 17.6 Å². The van der Waals surface area contributed by atoms with Crippen molar-refractivity contribution in [2.45, 2.75) is 37.5 Å². The monoisotopic (exact) mass is 438 g/mol. The molecule has 2 amide bonds. The Morgan fingerprint density at radius 2 is 1.74 bits per heavy atom. The average molecular weight is 439 g/mol. The third kappa shape index (κ3) is 6.42. The minimum absolute atomic E-state index is 0.0495. The number of nitrogens with zero attached hydrogens (tertiary/aromatic N) is 3. The molecule has 0 unspecified atom stereocenters. The minimum atomic E-state index is -0.147. The molecule has 0 fully saturated rings. The third-order valence-corrected chi connectivity index (χ3v) is 5.63. The van der Waals surface area contributed by atoms with Crippen molar-refractivity contribution in [3.8, 4) is 11.4 Å². The average Bonchev–Trinajstić information content (AvgIpc) is 3.23. The number of carbonyl (C=O) groups excluding carboxylic acids is 2.